The Balaban J connectivity index is 2.36. The highest BCUT2D eigenvalue weighted by Crippen LogP contribution is 2.14. The van der Waals surface area contributed by atoms with Crippen molar-refractivity contribution in [1.82, 2.24) is 5.32 Å². The van der Waals surface area contributed by atoms with E-state index in [-0.39, 0.29) is 28.4 Å². The number of amides is 2. The van der Waals surface area contributed by atoms with Crippen molar-refractivity contribution < 1.29 is 9.59 Å². The van der Waals surface area contributed by atoms with Gasteiger partial charge in [-0.3, -0.25) is 9.59 Å². The molecule has 0 heterocycles. The molecular weight excluding hydrogens is 322 g/mol. The molecule has 0 bridgehead atoms. The summed E-state index contributed by atoms with van der Waals surface area (Å²) in [7, 11) is 0. The van der Waals surface area contributed by atoms with Crippen LogP contribution < -0.4 is 16.4 Å². The second-order valence-corrected chi connectivity index (χ2v) is 7.48. The van der Waals surface area contributed by atoms with E-state index in [1.807, 2.05) is 45.0 Å². The first-order valence-corrected chi connectivity index (χ1v) is 9.39. The second-order valence-electron chi connectivity index (χ2n) is 6.15. The first-order valence-electron chi connectivity index (χ1n) is 8.34. The minimum absolute atomic E-state index is 0.0835. The molecular formula is C18H29N3O2S. The lowest BCUT2D eigenvalue weighted by Crippen LogP contribution is -2.50. The zero-order chi connectivity index (χ0) is 18.2. The Kier molecular flexibility index (Phi) is 8.28. The molecule has 1 aromatic carbocycles. The van der Waals surface area contributed by atoms with Gasteiger partial charge in [0.15, 0.2) is 0 Å². The van der Waals surface area contributed by atoms with Crippen molar-refractivity contribution in [2.75, 3.05) is 17.6 Å². The maximum absolute atomic E-state index is 12.1. The molecule has 1 rings (SSSR count). The normalized spacial score (nSPS) is 12.5. The zero-order valence-electron chi connectivity index (χ0n) is 15.0. The molecule has 0 aliphatic rings. The highest BCUT2D eigenvalue weighted by Gasteiger charge is 2.23. The maximum atomic E-state index is 12.1. The first kappa shape index (κ1) is 20.5. The largest absolute Gasteiger partial charge is 0.353 e. The van der Waals surface area contributed by atoms with Crippen LogP contribution in [0.5, 0.6) is 0 Å². The maximum Gasteiger partial charge on any atom is 0.234 e. The number of anilines is 1. The molecule has 5 nitrogen and oxygen atoms in total. The SMILES string of the molecule is CCC(N)(CC)CNC(=O)C(C)SCC(=O)Nc1ccc(C)cc1. The zero-order valence-corrected chi connectivity index (χ0v) is 15.8. The van der Waals surface area contributed by atoms with Crippen molar-refractivity contribution in [3.8, 4) is 0 Å². The van der Waals surface area contributed by atoms with Crippen LogP contribution in [0.25, 0.3) is 0 Å². The summed E-state index contributed by atoms with van der Waals surface area (Å²) in [4.78, 5) is 24.1. The molecule has 0 saturated carbocycles. The van der Waals surface area contributed by atoms with Gasteiger partial charge in [-0.2, -0.15) is 0 Å². The number of nitrogens with one attached hydrogen (secondary N) is 2. The average Bonchev–Trinajstić information content (AvgIpc) is 2.59. The van der Waals surface area contributed by atoms with Gasteiger partial charge in [-0.25, -0.2) is 0 Å². The highest BCUT2D eigenvalue weighted by atomic mass is 32.2. The third-order valence-corrected chi connectivity index (χ3v) is 5.33. The van der Waals surface area contributed by atoms with Crippen LogP contribution in [-0.4, -0.2) is 34.9 Å². The number of nitrogens with two attached hydrogens (primary N) is 1. The van der Waals surface area contributed by atoms with Crippen molar-refractivity contribution >= 4 is 29.3 Å². The molecule has 4 N–H and O–H groups in total. The van der Waals surface area contributed by atoms with Crippen molar-refractivity contribution in [2.24, 2.45) is 5.73 Å². The molecule has 0 saturated heterocycles. The molecule has 1 atom stereocenters. The van der Waals surface area contributed by atoms with E-state index < -0.39 is 0 Å². The van der Waals surface area contributed by atoms with E-state index in [9.17, 15) is 9.59 Å². The molecule has 0 radical (unpaired) electrons. The molecule has 6 heteroatoms. The van der Waals surface area contributed by atoms with Crippen LogP contribution in [0.15, 0.2) is 24.3 Å². The van der Waals surface area contributed by atoms with Gasteiger partial charge in [0.05, 0.1) is 11.0 Å². The number of thioether (sulfide) groups is 1. The van der Waals surface area contributed by atoms with Crippen LogP contribution >= 0.6 is 11.8 Å². The third-order valence-electron chi connectivity index (χ3n) is 4.19. The molecule has 0 aliphatic heterocycles. The van der Waals surface area contributed by atoms with E-state index >= 15 is 0 Å². The number of hydrogen-bond acceptors (Lipinski definition) is 4. The Hall–Kier alpha value is -1.53. The van der Waals surface area contributed by atoms with Crippen LogP contribution in [0.3, 0.4) is 0 Å². The lowest BCUT2D eigenvalue weighted by Gasteiger charge is -2.27. The molecule has 0 aliphatic carbocycles. The van der Waals surface area contributed by atoms with Crippen LogP contribution in [0.4, 0.5) is 5.69 Å². The number of carbonyl (C=O) groups is 2. The fraction of sp³-hybridized carbons (Fsp3) is 0.556. The molecule has 1 unspecified atom stereocenters. The fourth-order valence-corrected chi connectivity index (χ4v) is 2.73. The van der Waals surface area contributed by atoms with E-state index in [1.54, 1.807) is 6.92 Å². The molecule has 24 heavy (non-hydrogen) atoms. The van der Waals surface area contributed by atoms with Gasteiger partial charge in [0, 0.05) is 17.8 Å². The topological polar surface area (TPSA) is 84.2 Å². The van der Waals surface area contributed by atoms with Crippen molar-refractivity contribution in [2.45, 2.75) is 51.3 Å². The third kappa shape index (κ3) is 6.93. The van der Waals surface area contributed by atoms with Gasteiger partial charge in [0.1, 0.15) is 0 Å². The van der Waals surface area contributed by atoms with Crippen LogP contribution in [0.2, 0.25) is 0 Å². The number of rotatable bonds is 9. The van der Waals surface area contributed by atoms with Crippen molar-refractivity contribution in [3.63, 3.8) is 0 Å². The van der Waals surface area contributed by atoms with Gasteiger partial charge in [-0.1, -0.05) is 31.5 Å². The van der Waals surface area contributed by atoms with Crippen LogP contribution in [0.1, 0.15) is 39.2 Å². The van der Waals surface area contributed by atoms with E-state index in [0.29, 0.717) is 6.54 Å². The van der Waals surface area contributed by atoms with E-state index in [2.05, 4.69) is 10.6 Å². The van der Waals surface area contributed by atoms with Gasteiger partial charge in [-0.05, 0) is 38.8 Å². The number of hydrogen-bond donors (Lipinski definition) is 3. The quantitative estimate of drug-likeness (QED) is 0.639. The number of benzene rings is 1. The molecule has 134 valence electrons. The Morgan fingerprint density at radius 3 is 2.33 bits per heavy atom. The lowest BCUT2D eigenvalue weighted by atomic mass is 9.94. The van der Waals surface area contributed by atoms with Gasteiger partial charge in [0.2, 0.25) is 11.8 Å². The van der Waals surface area contributed by atoms with E-state index in [4.69, 9.17) is 5.73 Å². The van der Waals surface area contributed by atoms with Gasteiger partial charge in [0.25, 0.3) is 0 Å². The van der Waals surface area contributed by atoms with Crippen LogP contribution in [-0.2, 0) is 9.59 Å². The summed E-state index contributed by atoms with van der Waals surface area (Å²) in [6.45, 7) is 8.29. The lowest BCUT2D eigenvalue weighted by molar-refractivity contribution is -0.120. The number of aryl methyl sites for hydroxylation is 1. The first-order chi connectivity index (χ1) is 11.3. The Morgan fingerprint density at radius 2 is 1.79 bits per heavy atom. The Bertz CT molecular complexity index is 542. The summed E-state index contributed by atoms with van der Waals surface area (Å²) in [5.41, 5.74) is 7.73. The van der Waals surface area contributed by atoms with Gasteiger partial charge < -0.3 is 16.4 Å². The van der Waals surface area contributed by atoms with Gasteiger partial charge in [-0.15, -0.1) is 11.8 Å². The molecule has 2 amide bonds. The monoisotopic (exact) mass is 351 g/mol. The predicted octanol–water partition coefficient (Wildman–Crippen LogP) is 2.69. The molecule has 0 spiro atoms. The molecule has 0 fully saturated rings. The fourth-order valence-electron chi connectivity index (χ4n) is 2.02. The summed E-state index contributed by atoms with van der Waals surface area (Å²) < 4.78 is 0. The van der Waals surface area contributed by atoms with Crippen molar-refractivity contribution in [1.29, 1.82) is 0 Å². The van der Waals surface area contributed by atoms with E-state index in [1.165, 1.54) is 11.8 Å². The van der Waals surface area contributed by atoms with Crippen molar-refractivity contribution in [3.05, 3.63) is 29.8 Å². The average molecular weight is 352 g/mol. The molecule has 1 aromatic rings. The molecule has 0 aromatic heterocycles. The summed E-state index contributed by atoms with van der Waals surface area (Å²) in [5.74, 6) is 0.0382. The minimum Gasteiger partial charge on any atom is -0.353 e. The summed E-state index contributed by atoms with van der Waals surface area (Å²) in [6, 6.07) is 7.62. The predicted molar refractivity (Wildman–Crippen MR) is 102 cm³/mol. The summed E-state index contributed by atoms with van der Waals surface area (Å²) >= 11 is 1.32. The smallest absolute Gasteiger partial charge is 0.234 e. The Labute approximate surface area is 149 Å². The van der Waals surface area contributed by atoms with Gasteiger partial charge >= 0.3 is 0 Å². The summed E-state index contributed by atoms with van der Waals surface area (Å²) in [5, 5.41) is 5.42. The van der Waals surface area contributed by atoms with Crippen LogP contribution in [0, 0.1) is 6.92 Å². The number of carbonyl (C=O) groups excluding carboxylic acids is 2. The standard InChI is InChI=1S/C18H29N3O2S/c1-5-18(19,6-2)12-20-17(23)14(4)24-11-16(22)21-15-9-7-13(3)8-10-15/h7-10,14H,5-6,11-12,19H2,1-4H3,(H,20,23)(H,21,22). The highest BCUT2D eigenvalue weighted by molar-refractivity contribution is 8.01. The second kappa shape index (κ2) is 9.69. The minimum atomic E-state index is -0.358. The van der Waals surface area contributed by atoms with E-state index in [0.717, 1.165) is 24.1 Å². The summed E-state index contributed by atoms with van der Waals surface area (Å²) in [6.07, 6.45) is 1.62. The Morgan fingerprint density at radius 1 is 1.21 bits per heavy atom.